The van der Waals surface area contributed by atoms with Gasteiger partial charge in [-0.05, 0) is 25.0 Å². The molecule has 2 aromatic rings. The summed E-state index contributed by atoms with van der Waals surface area (Å²) in [4.78, 5) is 4.46. The lowest BCUT2D eigenvalue weighted by atomic mass is 10.2. The van der Waals surface area contributed by atoms with Crippen molar-refractivity contribution in [1.82, 2.24) is 10.1 Å². The fourth-order valence-electron chi connectivity index (χ4n) is 2.55. The fraction of sp³-hybridized carbons (Fsp3) is 0.467. The summed E-state index contributed by atoms with van der Waals surface area (Å²) in [6.07, 6.45) is 5.30. The van der Waals surface area contributed by atoms with Crippen molar-refractivity contribution in [1.29, 1.82) is 0 Å². The van der Waals surface area contributed by atoms with E-state index < -0.39 is 0 Å². The number of nitrogen functional groups attached to an aromatic ring is 1. The van der Waals surface area contributed by atoms with Crippen LogP contribution in [0.3, 0.4) is 0 Å². The molecule has 0 atom stereocenters. The van der Waals surface area contributed by atoms with Gasteiger partial charge in [-0.3, -0.25) is 0 Å². The monoisotopic (exact) mass is 305 g/mol. The van der Waals surface area contributed by atoms with Crippen molar-refractivity contribution >= 4 is 17.4 Å². The van der Waals surface area contributed by atoms with E-state index in [1.54, 1.807) is 19.2 Å². The van der Waals surface area contributed by atoms with Crippen molar-refractivity contribution in [2.24, 2.45) is 0 Å². The highest BCUT2D eigenvalue weighted by Gasteiger charge is 2.18. The van der Waals surface area contributed by atoms with Crippen molar-refractivity contribution in [3.8, 4) is 17.2 Å². The van der Waals surface area contributed by atoms with Gasteiger partial charge in [-0.1, -0.05) is 18.0 Å². The van der Waals surface area contributed by atoms with Crippen LogP contribution in [-0.2, 0) is 5.75 Å². The minimum atomic E-state index is 0.480. The van der Waals surface area contributed by atoms with Crippen molar-refractivity contribution in [3.63, 3.8) is 0 Å². The third-order valence-corrected chi connectivity index (χ3v) is 5.04. The predicted molar refractivity (Wildman–Crippen MR) is 84.2 cm³/mol. The van der Waals surface area contributed by atoms with Crippen molar-refractivity contribution in [2.75, 3.05) is 12.8 Å². The van der Waals surface area contributed by atoms with Crippen LogP contribution in [-0.4, -0.2) is 22.5 Å². The highest BCUT2D eigenvalue weighted by atomic mass is 32.2. The number of nitrogens with zero attached hydrogens (tertiary/aromatic N) is 2. The number of benzene rings is 1. The Morgan fingerprint density at radius 2 is 2.19 bits per heavy atom. The number of hydrogen-bond donors (Lipinski definition) is 1. The molecule has 1 aliphatic carbocycles. The van der Waals surface area contributed by atoms with E-state index in [9.17, 15) is 0 Å². The lowest BCUT2D eigenvalue weighted by Gasteiger charge is -2.05. The van der Waals surface area contributed by atoms with Crippen LogP contribution in [0.4, 0.5) is 5.69 Å². The summed E-state index contributed by atoms with van der Waals surface area (Å²) in [6, 6.07) is 5.40. The minimum Gasteiger partial charge on any atom is -0.496 e. The van der Waals surface area contributed by atoms with Crippen molar-refractivity contribution < 1.29 is 9.26 Å². The Balaban J connectivity index is 1.72. The number of hydrogen-bond acceptors (Lipinski definition) is 6. The molecular formula is C15H19N3O2S. The van der Waals surface area contributed by atoms with Gasteiger partial charge in [0, 0.05) is 17.0 Å². The number of methoxy groups -OCH3 is 1. The molecular weight excluding hydrogens is 286 g/mol. The molecule has 112 valence electrons. The SMILES string of the molecule is COc1cc(N)ccc1-c1nc(CSC2CCCC2)no1. The fourth-order valence-corrected chi connectivity index (χ4v) is 3.72. The highest BCUT2D eigenvalue weighted by Crippen LogP contribution is 2.33. The Labute approximate surface area is 128 Å². The Kier molecular flexibility index (Phi) is 4.34. The molecule has 3 rings (SSSR count). The van der Waals surface area contributed by atoms with E-state index in [0.717, 1.165) is 22.4 Å². The maximum Gasteiger partial charge on any atom is 0.261 e. The van der Waals surface area contributed by atoms with Crippen LogP contribution in [0.5, 0.6) is 5.75 Å². The van der Waals surface area contributed by atoms with Gasteiger partial charge in [0.25, 0.3) is 5.89 Å². The maximum absolute atomic E-state index is 5.75. The Morgan fingerprint density at radius 3 is 2.95 bits per heavy atom. The van der Waals surface area contributed by atoms with E-state index in [1.807, 2.05) is 17.8 Å². The molecule has 0 radical (unpaired) electrons. The van der Waals surface area contributed by atoms with Crippen LogP contribution in [0, 0.1) is 0 Å². The van der Waals surface area contributed by atoms with Gasteiger partial charge in [0.05, 0.1) is 18.4 Å². The zero-order valence-corrected chi connectivity index (χ0v) is 12.9. The van der Waals surface area contributed by atoms with Gasteiger partial charge in [0.2, 0.25) is 0 Å². The molecule has 2 N–H and O–H groups in total. The first-order valence-electron chi connectivity index (χ1n) is 7.14. The van der Waals surface area contributed by atoms with E-state index >= 15 is 0 Å². The molecule has 1 aromatic heterocycles. The smallest absolute Gasteiger partial charge is 0.261 e. The highest BCUT2D eigenvalue weighted by molar-refractivity contribution is 7.99. The van der Waals surface area contributed by atoms with Gasteiger partial charge >= 0.3 is 0 Å². The third-order valence-electron chi connectivity index (χ3n) is 3.67. The lowest BCUT2D eigenvalue weighted by Crippen LogP contribution is -1.96. The average Bonchev–Trinajstić information content (AvgIpc) is 3.16. The topological polar surface area (TPSA) is 74.2 Å². The lowest BCUT2D eigenvalue weighted by molar-refractivity contribution is 0.403. The number of rotatable bonds is 5. The van der Waals surface area contributed by atoms with Gasteiger partial charge in [-0.25, -0.2) is 0 Å². The molecule has 21 heavy (non-hydrogen) atoms. The first-order chi connectivity index (χ1) is 10.3. The van der Waals surface area contributed by atoms with Gasteiger partial charge < -0.3 is 15.0 Å². The quantitative estimate of drug-likeness (QED) is 0.852. The largest absolute Gasteiger partial charge is 0.496 e. The van der Waals surface area contributed by atoms with E-state index in [-0.39, 0.29) is 0 Å². The number of anilines is 1. The van der Waals surface area contributed by atoms with Gasteiger partial charge in [-0.2, -0.15) is 16.7 Å². The second kappa shape index (κ2) is 6.39. The van der Waals surface area contributed by atoms with Crippen LogP contribution in [0.2, 0.25) is 0 Å². The van der Waals surface area contributed by atoms with E-state index in [1.165, 1.54) is 25.7 Å². The second-order valence-electron chi connectivity index (χ2n) is 5.19. The summed E-state index contributed by atoms with van der Waals surface area (Å²) >= 11 is 1.92. The van der Waals surface area contributed by atoms with E-state index in [2.05, 4.69) is 10.1 Å². The number of thioether (sulfide) groups is 1. The molecule has 5 nitrogen and oxygen atoms in total. The van der Waals surface area contributed by atoms with Crippen LogP contribution in [0.25, 0.3) is 11.5 Å². The van der Waals surface area contributed by atoms with Crippen LogP contribution in [0.15, 0.2) is 22.7 Å². The molecule has 1 saturated carbocycles. The Bertz CT molecular complexity index is 609. The Morgan fingerprint density at radius 1 is 1.38 bits per heavy atom. The standard InChI is InChI=1S/C15H19N3O2S/c1-19-13-8-10(16)6-7-12(13)15-17-14(18-20-15)9-21-11-4-2-3-5-11/h6-8,11H,2-5,9,16H2,1H3. The molecule has 0 amide bonds. The van der Waals surface area contributed by atoms with Crippen molar-refractivity contribution in [2.45, 2.75) is 36.7 Å². The first-order valence-corrected chi connectivity index (χ1v) is 8.19. The molecule has 0 saturated heterocycles. The van der Waals surface area contributed by atoms with Gasteiger partial charge in [0.1, 0.15) is 5.75 Å². The maximum atomic E-state index is 5.75. The van der Waals surface area contributed by atoms with Crippen LogP contribution in [0.1, 0.15) is 31.5 Å². The Hall–Kier alpha value is -1.69. The molecule has 1 aliphatic rings. The number of ether oxygens (including phenoxy) is 1. The zero-order chi connectivity index (χ0) is 14.7. The third kappa shape index (κ3) is 3.32. The molecule has 0 unspecified atom stereocenters. The second-order valence-corrected chi connectivity index (χ2v) is 6.48. The zero-order valence-electron chi connectivity index (χ0n) is 12.0. The van der Waals surface area contributed by atoms with E-state index in [0.29, 0.717) is 17.3 Å². The van der Waals surface area contributed by atoms with Crippen molar-refractivity contribution in [3.05, 3.63) is 24.0 Å². The summed E-state index contributed by atoms with van der Waals surface area (Å²) < 4.78 is 10.7. The van der Waals surface area contributed by atoms with Gasteiger partial charge in [-0.15, -0.1) is 0 Å². The molecule has 1 aromatic carbocycles. The molecule has 1 heterocycles. The first kappa shape index (κ1) is 14.3. The normalized spacial score (nSPS) is 15.5. The predicted octanol–water partition coefficient (Wildman–Crippen LogP) is 3.50. The molecule has 0 spiro atoms. The summed E-state index contributed by atoms with van der Waals surface area (Å²) in [5, 5.41) is 4.81. The van der Waals surface area contributed by atoms with E-state index in [4.69, 9.17) is 15.0 Å². The summed E-state index contributed by atoms with van der Waals surface area (Å²) in [7, 11) is 1.60. The summed E-state index contributed by atoms with van der Waals surface area (Å²) in [6.45, 7) is 0. The average molecular weight is 305 g/mol. The molecule has 0 bridgehead atoms. The number of nitrogens with two attached hydrogens (primary N) is 1. The molecule has 6 heteroatoms. The molecule has 0 aliphatic heterocycles. The van der Waals surface area contributed by atoms with Gasteiger partial charge in [0.15, 0.2) is 5.82 Å². The molecule has 1 fully saturated rings. The van der Waals surface area contributed by atoms with Crippen LogP contribution < -0.4 is 10.5 Å². The summed E-state index contributed by atoms with van der Waals surface area (Å²) in [5.41, 5.74) is 7.17. The number of aromatic nitrogens is 2. The summed E-state index contributed by atoms with van der Waals surface area (Å²) in [5.74, 6) is 2.66. The minimum absolute atomic E-state index is 0.480. The van der Waals surface area contributed by atoms with Crippen LogP contribution >= 0.6 is 11.8 Å².